The van der Waals surface area contributed by atoms with E-state index in [2.05, 4.69) is 10.6 Å². The van der Waals surface area contributed by atoms with Gasteiger partial charge in [-0.1, -0.05) is 0 Å². The van der Waals surface area contributed by atoms with Gasteiger partial charge in [0, 0.05) is 23.5 Å². The minimum Gasteiger partial charge on any atom is -0.493 e. The molecule has 142 valence electrons. The van der Waals surface area contributed by atoms with Crippen LogP contribution >= 0.6 is 0 Å². The van der Waals surface area contributed by atoms with Crippen LogP contribution in [0.2, 0.25) is 0 Å². The van der Waals surface area contributed by atoms with E-state index in [4.69, 9.17) is 9.47 Å². The third-order valence-electron chi connectivity index (χ3n) is 4.44. The van der Waals surface area contributed by atoms with E-state index in [-0.39, 0.29) is 5.69 Å². The van der Waals surface area contributed by atoms with Crippen LogP contribution in [0, 0.1) is 17.0 Å². The smallest absolute Gasteiger partial charge is 0.240 e. The largest absolute Gasteiger partial charge is 0.493 e. The summed E-state index contributed by atoms with van der Waals surface area (Å²) in [6, 6.07) is 7.86. The maximum atomic E-state index is 13.3. The van der Waals surface area contributed by atoms with E-state index < -0.39 is 28.9 Å². The summed E-state index contributed by atoms with van der Waals surface area (Å²) >= 11 is 0. The number of amides is 2. The molecule has 0 saturated heterocycles. The van der Waals surface area contributed by atoms with Crippen molar-refractivity contribution < 1.29 is 27.8 Å². The molecule has 0 aromatic heterocycles. The number of benzene rings is 2. The second kappa shape index (κ2) is 7.22. The zero-order valence-electron chi connectivity index (χ0n) is 14.8. The van der Waals surface area contributed by atoms with Crippen molar-refractivity contribution in [2.24, 2.45) is 5.41 Å². The van der Waals surface area contributed by atoms with Gasteiger partial charge in [0.15, 0.2) is 23.1 Å². The normalized spacial score (nSPS) is 14.2. The van der Waals surface area contributed by atoms with Gasteiger partial charge < -0.3 is 20.1 Å². The Balaban J connectivity index is 1.72. The first-order chi connectivity index (χ1) is 12.9. The van der Waals surface area contributed by atoms with Crippen molar-refractivity contribution >= 4 is 23.2 Å². The highest BCUT2D eigenvalue weighted by Crippen LogP contribution is 2.47. The molecule has 2 aromatic rings. The molecular weight excluding hydrogens is 358 g/mol. The van der Waals surface area contributed by atoms with Gasteiger partial charge in [0.05, 0.1) is 14.2 Å². The van der Waals surface area contributed by atoms with Crippen LogP contribution in [0.3, 0.4) is 0 Å². The first-order valence-corrected chi connectivity index (χ1v) is 8.19. The van der Waals surface area contributed by atoms with Gasteiger partial charge in [-0.05, 0) is 37.1 Å². The molecule has 0 aliphatic heterocycles. The second-order valence-corrected chi connectivity index (χ2v) is 6.19. The molecule has 1 fully saturated rings. The molecule has 6 nitrogen and oxygen atoms in total. The van der Waals surface area contributed by atoms with Crippen LogP contribution in [0.15, 0.2) is 36.4 Å². The second-order valence-electron chi connectivity index (χ2n) is 6.19. The number of halogens is 2. The lowest BCUT2D eigenvalue weighted by molar-refractivity contribution is -0.131. The molecule has 1 aliphatic rings. The molecule has 3 rings (SSSR count). The van der Waals surface area contributed by atoms with E-state index in [1.807, 2.05) is 0 Å². The molecule has 0 atom stereocenters. The number of methoxy groups -OCH3 is 2. The summed E-state index contributed by atoms with van der Waals surface area (Å²) in [5.74, 6) is -2.19. The Hall–Kier alpha value is -3.16. The molecule has 2 N–H and O–H groups in total. The Kier molecular flexibility index (Phi) is 4.98. The molecule has 1 saturated carbocycles. The Morgan fingerprint density at radius 3 is 1.93 bits per heavy atom. The van der Waals surface area contributed by atoms with Gasteiger partial charge in [-0.3, -0.25) is 9.59 Å². The third-order valence-corrected chi connectivity index (χ3v) is 4.44. The van der Waals surface area contributed by atoms with Gasteiger partial charge in [-0.2, -0.15) is 0 Å². The minimum atomic E-state index is -1.24. The Bertz CT molecular complexity index is 897. The number of nitrogens with one attached hydrogen (secondary N) is 2. The molecule has 0 radical (unpaired) electrons. The van der Waals surface area contributed by atoms with E-state index in [0.717, 1.165) is 12.1 Å². The average Bonchev–Trinajstić information content (AvgIpc) is 3.46. The highest BCUT2D eigenvalue weighted by molar-refractivity contribution is 6.16. The van der Waals surface area contributed by atoms with E-state index >= 15 is 0 Å². The van der Waals surface area contributed by atoms with Crippen LogP contribution in [-0.2, 0) is 9.59 Å². The maximum Gasteiger partial charge on any atom is 0.240 e. The molecule has 0 heterocycles. The molecule has 0 spiro atoms. The SMILES string of the molecule is COc1ccc(NC(=O)C2(C(=O)Nc3ccc(F)c(F)c3)CC2)cc1OC. The monoisotopic (exact) mass is 376 g/mol. The lowest BCUT2D eigenvalue weighted by atomic mass is 10.0. The van der Waals surface area contributed by atoms with Gasteiger partial charge in [0.2, 0.25) is 11.8 Å². The van der Waals surface area contributed by atoms with Crippen LogP contribution in [0.5, 0.6) is 11.5 Å². The highest BCUT2D eigenvalue weighted by atomic mass is 19.2. The van der Waals surface area contributed by atoms with Crippen LogP contribution in [-0.4, -0.2) is 26.0 Å². The van der Waals surface area contributed by atoms with Crippen molar-refractivity contribution in [1.29, 1.82) is 0 Å². The summed E-state index contributed by atoms with van der Waals surface area (Å²) in [7, 11) is 2.97. The summed E-state index contributed by atoms with van der Waals surface area (Å²) in [5.41, 5.74) is -0.702. The van der Waals surface area contributed by atoms with Gasteiger partial charge in [0.25, 0.3) is 0 Å². The molecule has 2 amide bonds. The van der Waals surface area contributed by atoms with Crippen LogP contribution in [0.1, 0.15) is 12.8 Å². The van der Waals surface area contributed by atoms with E-state index in [0.29, 0.717) is 30.0 Å². The van der Waals surface area contributed by atoms with Gasteiger partial charge in [-0.15, -0.1) is 0 Å². The first kappa shape index (κ1) is 18.6. The number of carbonyl (C=O) groups is 2. The average molecular weight is 376 g/mol. The van der Waals surface area contributed by atoms with Crippen LogP contribution < -0.4 is 20.1 Å². The molecular formula is C19H18F2N2O4. The van der Waals surface area contributed by atoms with Crippen molar-refractivity contribution in [3.05, 3.63) is 48.0 Å². The molecule has 0 unspecified atom stereocenters. The standard InChI is InChI=1S/C19H18F2N2O4/c1-26-15-6-4-12(10-16(15)27-2)23-18(25)19(7-8-19)17(24)22-11-3-5-13(20)14(21)9-11/h3-6,9-10H,7-8H2,1-2H3,(H,22,24)(H,23,25). The molecule has 27 heavy (non-hydrogen) atoms. The zero-order valence-corrected chi connectivity index (χ0v) is 14.8. The van der Waals surface area contributed by atoms with Crippen LogP contribution in [0.25, 0.3) is 0 Å². The zero-order chi connectivity index (χ0) is 19.6. The predicted octanol–water partition coefficient (Wildman–Crippen LogP) is 3.34. The lowest BCUT2D eigenvalue weighted by Gasteiger charge is -2.16. The highest BCUT2D eigenvalue weighted by Gasteiger charge is 2.56. The lowest BCUT2D eigenvalue weighted by Crippen LogP contribution is -2.35. The topological polar surface area (TPSA) is 76.7 Å². The minimum absolute atomic E-state index is 0.0871. The van der Waals surface area contributed by atoms with E-state index in [1.54, 1.807) is 18.2 Å². The van der Waals surface area contributed by atoms with Gasteiger partial charge in [0.1, 0.15) is 5.41 Å². The molecule has 0 bridgehead atoms. The first-order valence-electron chi connectivity index (χ1n) is 8.19. The number of ether oxygens (including phenoxy) is 2. The molecule has 1 aliphatic carbocycles. The Morgan fingerprint density at radius 1 is 0.852 bits per heavy atom. The number of hydrogen-bond donors (Lipinski definition) is 2. The summed E-state index contributed by atoms with van der Waals surface area (Å²) in [6.07, 6.45) is 0.725. The van der Waals surface area contributed by atoms with Crippen molar-refractivity contribution in [1.82, 2.24) is 0 Å². The fourth-order valence-electron chi connectivity index (χ4n) is 2.67. The fourth-order valence-corrected chi connectivity index (χ4v) is 2.67. The summed E-state index contributed by atoms with van der Waals surface area (Å²) < 4.78 is 36.6. The van der Waals surface area contributed by atoms with Gasteiger partial charge >= 0.3 is 0 Å². The summed E-state index contributed by atoms with van der Waals surface area (Å²) in [6.45, 7) is 0. The predicted molar refractivity (Wildman–Crippen MR) is 94.8 cm³/mol. The van der Waals surface area contributed by atoms with Crippen molar-refractivity contribution in [3.63, 3.8) is 0 Å². The van der Waals surface area contributed by atoms with E-state index in [9.17, 15) is 18.4 Å². The number of anilines is 2. The maximum absolute atomic E-state index is 13.3. The third kappa shape index (κ3) is 3.69. The van der Waals surface area contributed by atoms with Gasteiger partial charge in [-0.25, -0.2) is 8.78 Å². The molecule has 8 heteroatoms. The summed E-state index contributed by atoms with van der Waals surface area (Å²) in [5, 5.41) is 5.16. The van der Waals surface area contributed by atoms with Crippen molar-refractivity contribution in [2.75, 3.05) is 24.9 Å². The molecule has 2 aromatic carbocycles. The van der Waals surface area contributed by atoms with Crippen molar-refractivity contribution in [2.45, 2.75) is 12.8 Å². The fraction of sp³-hybridized carbons (Fsp3) is 0.263. The number of hydrogen-bond acceptors (Lipinski definition) is 4. The number of rotatable bonds is 6. The van der Waals surface area contributed by atoms with Crippen molar-refractivity contribution in [3.8, 4) is 11.5 Å². The number of carbonyl (C=O) groups excluding carboxylic acids is 2. The van der Waals surface area contributed by atoms with Crippen LogP contribution in [0.4, 0.5) is 20.2 Å². The quantitative estimate of drug-likeness (QED) is 0.758. The Morgan fingerprint density at radius 2 is 1.41 bits per heavy atom. The Labute approximate surface area is 154 Å². The summed E-state index contributed by atoms with van der Waals surface area (Å²) in [4.78, 5) is 25.1. The van der Waals surface area contributed by atoms with E-state index in [1.165, 1.54) is 20.3 Å².